The predicted octanol–water partition coefficient (Wildman–Crippen LogP) is 3.29. The molecule has 0 saturated heterocycles. The Hall–Kier alpha value is -1.52. The second kappa shape index (κ2) is 5.89. The van der Waals surface area contributed by atoms with Gasteiger partial charge in [0.15, 0.2) is 0 Å². The van der Waals surface area contributed by atoms with E-state index in [1.807, 2.05) is 6.07 Å². The number of amides is 1. The van der Waals surface area contributed by atoms with Crippen molar-refractivity contribution in [1.29, 1.82) is 0 Å². The third-order valence-electron chi connectivity index (χ3n) is 2.41. The standard InChI is InChI=1S/C12H11Cl2N3O/c13-9-3-1-8(10(14)7-9)2-4-12(18)16-11-5-6-15-17-11/h1,3,5-7H,2,4H2,(H2,15,16,17,18). The smallest absolute Gasteiger partial charge is 0.225 e. The third-order valence-corrected chi connectivity index (χ3v) is 3.00. The summed E-state index contributed by atoms with van der Waals surface area (Å²) in [5.41, 5.74) is 0.904. The number of nitrogens with one attached hydrogen (secondary N) is 2. The molecule has 1 heterocycles. The normalized spacial score (nSPS) is 10.3. The van der Waals surface area contributed by atoms with E-state index in [9.17, 15) is 4.79 Å². The van der Waals surface area contributed by atoms with Crippen molar-refractivity contribution >= 4 is 34.9 Å². The number of aromatic nitrogens is 2. The Morgan fingerprint density at radius 1 is 1.33 bits per heavy atom. The van der Waals surface area contributed by atoms with Crippen LogP contribution in [0.15, 0.2) is 30.5 Å². The van der Waals surface area contributed by atoms with Crippen LogP contribution in [0.4, 0.5) is 5.82 Å². The summed E-state index contributed by atoms with van der Waals surface area (Å²) in [7, 11) is 0. The number of benzene rings is 1. The molecular formula is C12H11Cl2N3O. The zero-order valence-corrected chi connectivity index (χ0v) is 10.9. The van der Waals surface area contributed by atoms with Crippen LogP contribution in [0.5, 0.6) is 0 Å². The second-order valence-electron chi connectivity index (χ2n) is 3.75. The van der Waals surface area contributed by atoms with Crippen molar-refractivity contribution in [3.8, 4) is 0 Å². The summed E-state index contributed by atoms with van der Waals surface area (Å²) < 4.78 is 0. The lowest BCUT2D eigenvalue weighted by atomic mass is 10.1. The third kappa shape index (κ3) is 3.48. The number of halogens is 2. The van der Waals surface area contributed by atoms with E-state index in [-0.39, 0.29) is 5.91 Å². The Morgan fingerprint density at radius 2 is 2.17 bits per heavy atom. The maximum absolute atomic E-state index is 11.6. The Labute approximate surface area is 114 Å². The van der Waals surface area contributed by atoms with E-state index in [0.717, 1.165) is 5.56 Å². The number of aryl methyl sites for hydroxylation is 1. The number of carbonyl (C=O) groups excluding carboxylic acids is 1. The summed E-state index contributed by atoms with van der Waals surface area (Å²) >= 11 is 11.8. The van der Waals surface area contributed by atoms with Gasteiger partial charge in [-0.3, -0.25) is 9.89 Å². The first-order chi connectivity index (χ1) is 8.65. The van der Waals surface area contributed by atoms with E-state index >= 15 is 0 Å². The highest BCUT2D eigenvalue weighted by Gasteiger charge is 2.06. The first kappa shape index (κ1) is 12.9. The molecule has 6 heteroatoms. The average molecular weight is 284 g/mol. The Morgan fingerprint density at radius 3 is 2.83 bits per heavy atom. The van der Waals surface area contributed by atoms with Gasteiger partial charge in [-0.15, -0.1) is 0 Å². The summed E-state index contributed by atoms with van der Waals surface area (Å²) in [5, 5.41) is 10.3. The molecule has 0 fully saturated rings. The maximum atomic E-state index is 11.6. The van der Waals surface area contributed by atoms with Gasteiger partial charge >= 0.3 is 0 Å². The molecule has 1 aromatic carbocycles. The molecule has 0 bridgehead atoms. The second-order valence-corrected chi connectivity index (χ2v) is 4.60. The number of rotatable bonds is 4. The Kier molecular flexibility index (Phi) is 4.23. The summed E-state index contributed by atoms with van der Waals surface area (Å²) in [6.45, 7) is 0. The molecular weight excluding hydrogens is 273 g/mol. The SMILES string of the molecule is O=C(CCc1ccc(Cl)cc1Cl)Nc1ccn[nH]1. The van der Waals surface area contributed by atoms with Crippen LogP contribution in [-0.2, 0) is 11.2 Å². The predicted molar refractivity (Wildman–Crippen MR) is 72.0 cm³/mol. The monoisotopic (exact) mass is 283 g/mol. The van der Waals surface area contributed by atoms with Gasteiger partial charge in [0.05, 0.1) is 6.20 Å². The minimum Gasteiger partial charge on any atom is -0.311 e. The number of nitrogens with zero attached hydrogens (tertiary/aromatic N) is 1. The van der Waals surface area contributed by atoms with E-state index < -0.39 is 0 Å². The fraction of sp³-hybridized carbons (Fsp3) is 0.167. The molecule has 2 rings (SSSR count). The minimum atomic E-state index is -0.0923. The van der Waals surface area contributed by atoms with Crippen LogP contribution < -0.4 is 5.32 Å². The highest BCUT2D eigenvalue weighted by Crippen LogP contribution is 2.22. The van der Waals surface area contributed by atoms with Crippen molar-refractivity contribution in [2.24, 2.45) is 0 Å². The van der Waals surface area contributed by atoms with Crippen LogP contribution >= 0.6 is 23.2 Å². The van der Waals surface area contributed by atoms with Gasteiger partial charge in [-0.05, 0) is 24.1 Å². The van der Waals surface area contributed by atoms with Gasteiger partial charge in [-0.1, -0.05) is 29.3 Å². The number of H-pyrrole nitrogens is 1. The minimum absolute atomic E-state index is 0.0923. The quantitative estimate of drug-likeness (QED) is 0.905. The van der Waals surface area contributed by atoms with Crippen molar-refractivity contribution in [3.05, 3.63) is 46.1 Å². The topological polar surface area (TPSA) is 57.8 Å². The molecule has 2 N–H and O–H groups in total. The van der Waals surface area contributed by atoms with Crippen molar-refractivity contribution in [1.82, 2.24) is 10.2 Å². The van der Waals surface area contributed by atoms with Crippen molar-refractivity contribution in [2.45, 2.75) is 12.8 Å². The first-order valence-corrected chi connectivity index (χ1v) is 6.14. The maximum Gasteiger partial charge on any atom is 0.225 e. The zero-order valence-electron chi connectivity index (χ0n) is 9.41. The lowest BCUT2D eigenvalue weighted by Gasteiger charge is -2.05. The van der Waals surface area contributed by atoms with Crippen LogP contribution in [0.1, 0.15) is 12.0 Å². The van der Waals surface area contributed by atoms with Gasteiger partial charge in [0.2, 0.25) is 5.91 Å². The van der Waals surface area contributed by atoms with Gasteiger partial charge in [0.25, 0.3) is 0 Å². The van der Waals surface area contributed by atoms with Crippen LogP contribution in [0.25, 0.3) is 0 Å². The molecule has 2 aromatic rings. The van der Waals surface area contributed by atoms with Crippen LogP contribution in [0.2, 0.25) is 10.0 Å². The van der Waals surface area contributed by atoms with Crippen molar-refractivity contribution in [2.75, 3.05) is 5.32 Å². The van der Waals surface area contributed by atoms with E-state index in [2.05, 4.69) is 15.5 Å². The molecule has 0 aliphatic heterocycles. The number of aromatic amines is 1. The number of carbonyl (C=O) groups is 1. The van der Waals surface area contributed by atoms with Gasteiger partial charge in [0, 0.05) is 22.5 Å². The molecule has 0 saturated carbocycles. The molecule has 94 valence electrons. The van der Waals surface area contributed by atoms with Crippen LogP contribution in [-0.4, -0.2) is 16.1 Å². The molecule has 0 aliphatic rings. The Balaban J connectivity index is 1.89. The zero-order chi connectivity index (χ0) is 13.0. The Bertz CT molecular complexity index is 540. The lowest BCUT2D eigenvalue weighted by molar-refractivity contribution is -0.116. The molecule has 1 amide bonds. The van der Waals surface area contributed by atoms with E-state index in [1.165, 1.54) is 0 Å². The fourth-order valence-electron chi connectivity index (χ4n) is 1.51. The van der Waals surface area contributed by atoms with Crippen molar-refractivity contribution in [3.63, 3.8) is 0 Å². The number of hydrogen-bond donors (Lipinski definition) is 2. The van der Waals surface area contributed by atoms with E-state index in [4.69, 9.17) is 23.2 Å². The van der Waals surface area contributed by atoms with Gasteiger partial charge < -0.3 is 5.32 Å². The highest BCUT2D eigenvalue weighted by molar-refractivity contribution is 6.35. The largest absolute Gasteiger partial charge is 0.311 e. The van der Waals surface area contributed by atoms with Crippen LogP contribution in [0.3, 0.4) is 0 Å². The molecule has 0 aliphatic carbocycles. The number of anilines is 1. The summed E-state index contributed by atoms with van der Waals surface area (Å²) in [4.78, 5) is 11.6. The van der Waals surface area contributed by atoms with Gasteiger partial charge in [0.1, 0.15) is 5.82 Å². The summed E-state index contributed by atoms with van der Waals surface area (Å²) in [6, 6.07) is 6.95. The van der Waals surface area contributed by atoms with E-state index in [0.29, 0.717) is 28.7 Å². The number of hydrogen-bond acceptors (Lipinski definition) is 2. The average Bonchev–Trinajstić information content (AvgIpc) is 2.80. The fourth-order valence-corrected chi connectivity index (χ4v) is 2.01. The molecule has 0 radical (unpaired) electrons. The summed E-state index contributed by atoms with van der Waals surface area (Å²) in [6.07, 6.45) is 2.49. The van der Waals surface area contributed by atoms with E-state index in [1.54, 1.807) is 24.4 Å². The van der Waals surface area contributed by atoms with Gasteiger partial charge in [-0.2, -0.15) is 5.10 Å². The lowest BCUT2D eigenvalue weighted by Crippen LogP contribution is -2.12. The first-order valence-electron chi connectivity index (χ1n) is 5.38. The molecule has 4 nitrogen and oxygen atoms in total. The molecule has 0 unspecified atom stereocenters. The van der Waals surface area contributed by atoms with Crippen LogP contribution in [0, 0.1) is 0 Å². The molecule has 0 spiro atoms. The molecule has 0 atom stereocenters. The van der Waals surface area contributed by atoms with Gasteiger partial charge in [-0.25, -0.2) is 0 Å². The molecule has 18 heavy (non-hydrogen) atoms. The molecule has 1 aromatic heterocycles. The summed E-state index contributed by atoms with van der Waals surface area (Å²) in [5.74, 6) is 0.493. The highest BCUT2D eigenvalue weighted by atomic mass is 35.5. The van der Waals surface area contributed by atoms with Crippen molar-refractivity contribution < 1.29 is 4.79 Å².